The van der Waals surface area contributed by atoms with E-state index in [9.17, 15) is 12.8 Å². The number of aromatic amines is 1. The van der Waals surface area contributed by atoms with Gasteiger partial charge in [-0.2, -0.15) is 5.10 Å². The molecule has 0 bridgehead atoms. The number of aromatic nitrogens is 2. The smallest absolute Gasteiger partial charge is 0.261 e. The topological polar surface area (TPSA) is 84.1 Å². The van der Waals surface area contributed by atoms with Crippen molar-refractivity contribution >= 4 is 26.6 Å². The number of fused-ring (bicyclic) bond motifs is 1. The number of H-pyrrole nitrogens is 1. The molecule has 0 unspecified atom stereocenters. The van der Waals surface area contributed by atoms with Crippen molar-refractivity contribution < 1.29 is 17.5 Å². The van der Waals surface area contributed by atoms with Crippen LogP contribution in [0, 0.1) is 5.82 Å². The summed E-state index contributed by atoms with van der Waals surface area (Å²) in [6.45, 7) is 3.84. The molecule has 4 rings (SSSR count). The summed E-state index contributed by atoms with van der Waals surface area (Å²) in [6.07, 6.45) is 0.0323. The number of benzene rings is 3. The third-order valence-electron chi connectivity index (χ3n) is 4.42. The van der Waals surface area contributed by atoms with Gasteiger partial charge >= 0.3 is 0 Å². The van der Waals surface area contributed by atoms with E-state index in [1.807, 2.05) is 13.8 Å². The molecule has 30 heavy (non-hydrogen) atoms. The van der Waals surface area contributed by atoms with Crippen LogP contribution in [0.5, 0.6) is 5.75 Å². The average molecular weight is 425 g/mol. The van der Waals surface area contributed by atoms with E-state index in [4.69, 9.17) is 4.74 Å². The van der Waals surface area contributed by atoms with Crippen LogP contribution in [0.4, 0.5) is 10.1 Å². The van der Waals surface area contributed by atoms with Crippen LogP contribution in [0.1, 0.15) is 13.8 Å². The van der Waals surface area contributed by atoms with Crippen LogP contribution in [-0.4, -0.2) is 24.7 Å². The van der Waals surface area contributed by atoms with Gasteiger partial charge in [0.25, 0.3) is 10.0 Å². The van der Waals surface area contributed by atoms with Gasteiger partial charge in [0.2, 0.25) is 0 Å². The Morgan fingerprint density at radius 2 is 1.80 bits per heavy atom. The van der Waals surface area contributed by atoms with E-state index in [1.165, 1.54) is 24.3 Å². The molecular weight excluding hydrogens is 405 g/mol. The second-order valence-electron chi connectivity index (χ2n) is 7.09. The summed E-state index contributed by atoms with van der Waals surface area (Å²) in [5.41, 5.74) is 2.13. The predicted octanol–water partition coefficient (Wildman–Crippen LogP) is 4.96. The Bertz CT molecular complexity index is 1300. The van der Waals surface area contributed by atoms with Gasteiger partial charge in [-0.15, -0.1) is 0 Å². The van der Waals surface area contributed by atoms with Gasteiger partial charge in [0.05, 0.1) is 22.2 Å². The molecule has 0 atom stereocenters. The van der Waals surface area contributed by atoms with E-state index >= 15 is 0 Å². The van der Waals surface area contributed by atoms with Gasteiger partial charge in [-0.1, -0.05) is 12.1 Å². The second kappa shape index (κ2) is 7.79. The van der Waals surface area contributed by atoms with Crippen molar-refractivity contribution in [1.82, 2.24) is 10.2 Å². The van der Waals surface area contributed by atoms with Crippen LogP contribution in [0.15, 0.2) is 71.6 Å². The lowest BCUT2D eigenvalue weighted by Crippen LogP contribution is -2.13. The van der Waals surface area contributed by atoms with E-state index in [0.29, 0.717) is 33.6 Å². The number of sulfonamides is 1. The zero-order valence-corrected chi connectivity index (χ0v) is 17.2. The fraction of sp³-hybridized carbons (Fsp3) is 0.136. The van der Waals surface area contributed by atoms with Gasteiger partial charge in [0, 0.05) is 16.6 Å². The van der Waals surface area contributed by atoms with Crippen molar-refractivity contribution in [3.8, 4) is 17.0 Å². The molecular formula is C22H20FN3O3S. The molecule has 154 valence electrons. The maximum absolute atomic E-state index is 13.4. The lowest BCUT2D eigenvalue weighted by atomic mass is 10.1. The number of hydrogen-bond acceptors (Lipinski definition) is 4. The minimum Gasteiger partial charge on any atom is -0.491 e. The molecule has 0 amide bonds. The van der Waals surface area contributed by atoms with Crippen molar-refractivity contribution in [2.75, 3.05) is 4.72 Å². The first-order valence-corrected chi connectivity index (χ1v) is 10.8. The molecule has 0 spiro atoms. The van der Waals surface area contributed by atoms with Crippen LogP contribution in [0.3, 0.4) is 0 Å². The molecule has 4 aromatic rings. The van der Waals surface area contributed by atoms with Gasteiger partial charge in [0.15, 0.2) is 0 Å². The van der Waals surface area contributed by atoms with Crippen molar-refractivity contribution in [2.24, 2.45) is 0 Å². The standard InChI is InChI=1S/C22H20FN3O3S/c1-14(2)29-18-9-7-17(8-10-18)26-30(27,28)19-5-3-4-15(12-19)22-20-11-6-16(23)13-21(20)24-25-22/h3-14,26H,1-2H3,(H,24,25). The van der Waals surface area contributed by atoms with Gasteiger partial charge in [-0.25, -0.2) is 12.8 Å². The van der Waals surface area contributed by atoms with Crippen molar-refractivity contribution in [3.05, 3.63) is 72.5 Å². The number of halogens is 1. The van der Waals surface area contributed by atoms with E-state index in [2.05, 4.69) is 14.9 Å². The third kappa shape index (κ3) is 4.13. The number of ether oxygens (including phenoxy) is 1. The highest BCUT2D eigenvalue weighted by molar-refractivity contribution is 7.92. The Morgan fingerprint density at radius 3 is 2.53 bits per heavy atom. The zero-order valence-electron chi connectivity index (χ0n) is 16.4. The minimum absolute atomic E-state index is 0.0323. The maximum Gasteiger partial charge on any atom is 0.261 e. The molecule has 0 aliphatic rings. The molecule has 0 fully saturated rings. The maximum atomic E-state index is 13.4. The summed E-state index contributed by atoms with van der Waals surface area (Å²) < 4.78 is 47.3. The summed E-state index contributed by atoms with van der Waals surface area (Å²) in [6, 6.07) is 17.5. The lowest BCUT2D eigenvalue weighted by Gasteiger charge is -2.12. The summed E-state index contributed by atoms with van der Waals surface area (Å²) >= 11 is 0. The highest BCUT2D eigenvalue weighted by Gasteiger charge is 2.17. The monoisotopic (exact) mass is 425 g/mol. The van der Waals surface area contributed by atoms with Crippen LogP contribution in [0.2, 0.25) is 0 Å². The Morgan fingerprint density at radius 1 is 1.03 bits per heavy atom. The Hall–Kier alpha value is -3.39. The van der Waals surface area contributed by atoms with Crippen molar-refractivity contribution in [2.45, 2.75) is 24.8 Å². The molecule has 6 nitrogen and oxygen atoms in total. The average Bonchev–Trinajstić information content (AvgIpc) is 3.12. The number of nitrogens with one attached hydrogen (secondary N) is 2. The Kier molecular flexibility index (Phi) is 5.17. The van der Waals surface area contributed by atoms with Crippen molar-refractivity contribution in [1.29, 1.82) is 0 Å². The molecule has 0 aliphatic carbocycles. The van der Waals surface area contributed by atoms with Gasteiger partial charge in [-0.3, -0.25) is 9.82 Å². The molecule has 3 aromatic carbocycles. The molecule has 1 heterocycles. The molecule has 0 saturated heterocycles. The molecule has 2 N–H and O–H groups in total. The Labute approximate surface area is 173 Å². The fourth-order valence-corrected chi connectivity index (χ4v) is 4.21. The van der Waals surface area contributed by atoms with Gasteiger partial charge in [-0.05, 0) is 68.4 Å². The molecule has 8 heteroatoms. The Balaban J connectivity index is 1.62. The summed E-state index contributed by atoms with van der Waals surface area (Å²) in [5, 5.41) is 7.71. The van der Waals surface area contributed by atoms with Crippen molar-refractivity contribution in [3.63, 3.8) is 0 Å². The van der Waals surface area contributed by atoms with Gasteiger partial charge < -0.3 is 4.74 Å². The predicted molar refractivity (Wildman–Crippen MR) is 115 cm³/mol. The summed E-state index contributed by atoms with van der Waals surface area (Å²) in [7, 11) is -3.81. The van der Waals surface area contributed by atoms with E-state index < -0.39 is 10.0 Å². The highest BCUT2D eigenvalue weighted by Crippen LogP contribution is 2.29. The van der Waals surface area contributed by atoms with Crippen LogP contribution < -0.4 is 9.46 Å². The van der Waals surface area contributed by atoms with E-state index in [-0.39, 0.29) is 16.8 Å². The third-order valence-corrected chi connectivity index (χ3v) is 5.80. The molecule has 0 aliphatic heterocycles. The fourth-order valence-electron chi connectivity index (χ4n) is 3.11. The first-order valence-electron chi connectivity index (χ1n) is 9.35. The second-order valence-corrected chi connectivity index (χ2v) is 8.77. The molecule has 0 radical (unpaired) electrons. The van der Waals surface area contributed by atoms with E-state index in [0.717, 1.165) is 0 Å². The first kappa shape index (κ1) is 19.9. The number of rotatable bonds is 6. The lowest BCUT2D eigenvalue weighted by molar-refractivity contribution is 0.242. The van der Waals surface area contributed by atoms with E-state index in [1.54, 1.807) is 42.5 Å². The first-order chi connectivity index (χ1) is 14.3. The van der Waals surface area contributed by atoms with Crippen LogP contribution in [0.25, 0.3) is 22.2 Å². The van der Waals surface area contributed by atoms with Gasteiger partial charge in [0.1, 0.15) is 11.6 Å². The molecule has 1 aromatic heterocycles. The summed E-state index contributed by atoms with van der Waals surface area (Å²) in [4.78, 5) is 0.0979. The zero-order chi connectivity index (χ0) is 21.3. The summed E-state index contributed by atoms with van der Waals surface area (Å²) in [5.74, 6) is 0.292. The molecule has 0 saturated carbocycles. The minimum atomic E-state index is -3.81. The quantitative estimate of drug-likeness (QED) is 0.457. The normalized spacial score (nSPS) is 11.7. The van der Waals surface area contributed by atoms with Crippen LogP contribution >= 0.6 is 0 Å². The number of anilines is 1. The number of hydrogen-bond donors (Lipinski definition) is 2. The SMILES string of the molecule is CC(C)Oc1ccc(NS(=O)(=O)c2cccc(-c3n[nH]c4cc(F)ccc34)c2)cc1. The largest absolute Gasteiger partial charge is 0.491 e. The van der Waals surface area contributed by atoms with Crippen LogP contribution in [-0.2, 0) is 10.0 Å². The number of nitrogens with zero attached hydrogens (tertiary/aromatic N) is 1. The highest BCUT2D eigenvalue weighted by atomic mass is 32.2.